The molecule has 0 atom stereocenters. The number of pyridine rings is 1. The zero-order valence-corrected chi connectivity index (χ0v) is 12.9. The van der Waals surface area contributed by atoms with Gasteiger partial charge in [-0.2, -0.15) is 0 Å². The van der Waals surface area contributed by atoms with Crippen molar-refractivity contribution in [2.75, 3.05) is 5.32 Å². The number of nitrogens with one attached hydrogen (secondary N) is 1. The Morgan fingerprint density at radius 1 is 1.04 bits per heavy atom. The zero-order chi connectivity index (χ0) is 17.2. The lowest BCUT2D eigenvalue weighted by Gasteiger charge is -2.14. The van der Waals surface area contributed by atoms with Crippen molar-refractivity contribution in [2.45, 2.75) is 19.7 Å². The number of ether oxygens (including phenoxy) is 1. The van der Waals surface area contributed by atoms with E-state index in [2.05, 4.69) is 15.0 Å². The van der Waals surface area contributed by atoms with Crippen LogP contribution in [0.5, 0.6) is 5.75 Å². The van der Waals surface area contributed by atoms with Crippen molar-refractivity contribution in [1.82, 2.24) is 4.98 Å². The van der Waals surface area contributed by atoms with E-state index in [1.54, 1.807) is 6.07 Å². The normalized spacial score (nSPS) is 11.5. The maximum Gasteiger partial charge on any atom is 0.573 e. The summed E-state index contributed by atoms with van der Waals surface area (Å²) < 4.78 is 40.9. The molecular weight excluding hydrogens is 317 g/mol. The minimum Gasteiger partial charge on any atom is -0.406 e. The molecule has 0 fully saturated rings. The van der Waals surface area contributed by atoms with Crippen LogP contribution in [0.25, 0.3) is 10.9 Å². The average molecular weight is 332 g/mol. The molecule has 0 amide bonds. The molecule has 2 aromatic carbocycles. The van der Waals surface area contributed by atoms with Gasteiger partial charge in [0.05, 0.1) is 5.52 Å². The van der Waals surface area contributed by atoms with Gasteiger partial charge in [0, 0.05) is 11.1 Å². The molecule has 3 rings (SSSR count). The van der Waals surface area contributed by atoms with Gasteiger partial charge in [-0.15, -0.1) is 13.2 Å². The standard InChI is InChI=1S/C18H15F3N2O/c1-2-12-11-14(24-18(19,20)21)8-9-16(12)23-17-10-7-13-5-3-4-6-15(13)22-17/h3-11H,2H2,1H3,(H,22,23). The van der Waals surface area contributed by atoms with Crippen LogP contribution in [0.1, 0.15) is 12.5 Å². The zero-order valence-electron chi connectivity index (χ0n) is 12.9. The van der Waals surface area contributed by atoms with Gasteiger partial charge in [-0.25, -0.2) is 4.98 Å². The number of anilines is 2. The highest BCUT2D eigenvalue weighted by Gasteiger charge is 2.31. The largest absolute Gasteiger partial charge is 0.573 e. The van der Waals surface area contributed by atoms with Crippen LogP contribution in [0.3, 0.4) is 0 Å². The number of halogens is 3. The number of fused-ring (bicyclic) bond motifs is 1. The van der Waals surface area contributed by atoms with Crippen molar-refractivity contribution < 1.29 is 17.9 Å². The van der Waals surface area contributed by atoms with Crippen LogP contribution >= 0.6 is 0 Å². The molecule has 1 heterocycles. The topological polar surface area (TPSA) is 34.1 Å². The molecule has 1 aromatic heterocycles. The summed E-state index contributed by atoms with van der Waals surface area (Å²) in [6, 6.07) is 15.7. The molecule has 124 valence electrons. The Kier molecular flexibility index (Phi) is 4.29. The van der Waals surface area contributed by atoms with Crippen LogP contribution in [0.4, 0.5) is 24.7 Å². The highest BCUT2D eigenvalue weighted by atomic mass is 19.4. The number of aryl methyl sites for hydroxylation is 1. The van der Waals surface area contributed by atoms with Crippen LogP contribution in [-0.4, -0.2) is 11.3 Å². The van der Waals surface area contributed by atoms with Crippen LogP contribution in [0.2, 0.25) is 0 Å². The van der Waals surface area contributed by atoms with Crippen LogP contribution in [-0.2, 0) is 6.42 Å². The van der Waals surface area contributed by atoms with Crippen LogP contribution in [0, 0.1) is 0 Å². The number of hydrogen-bond acceptors (Lipinski definition) is 3. The first-order chi connectivity index (χ1) is 11.4. The third kappa shape index (κ3) is 3.76. The highest BCUT2D eigenvalue weighted by molar-refractivity contribution is 5.80. The molecule has 0 radical (unpaired) electrons. The minimum absolute atomic E-state index is 0.226. The number of para-hydroxylation sites is 1. The summed E-state index contributed by atoms with van der Waals surface area (Å²) in [6.07, 6.45) is -4.13. The maximum atomic E-state index is 12.3. The van der Waals surface area contributed by atoms with E-state index in [9.17, 15) is 13.2 Å². The predicted molar refractivity (Wildman–Crippen MR) is 87.5 cm³/mol. The van der Waals surface area contributed by atoms with E-state index in [4.69, 9.17) is 0 Å². The SMILES string of the molecule is CCc1cc(OC(F)(F)F)ccc1Nc1ccc2ccccc2n1. The fourth-order valence-electron chi connectivity index (χ4n) is 2.46. The van der Waals surface area contributed by atoms with E-state index in [-0.39, 0.29) is 5.75 Å². The van der Waals surface area contributed by atoms with Crippen molar-refractivity contribution in [3.63, 3.8) is 0 Å². The summed E-state index contributed by atoms with van der Waals surface area (Å²) in [7, 11) is 0. The van der Waals surface area contributed by atoms with E-state index in [0.29, 0.717) is 23.5 Å². The summed E-state index contributed by atoms with van der Waals surface area (Å²) >= 11 is 0. The van der Waals surface area contributed by atoms with Crippen molar-refractivity contribution in [3.8, 4) is 5.75 Å². The van der Waals surface area contributed by atoms with Crippen molar-refractivity contribution >= 4 is 22.4 Å². The van der Waals surface area contributed by atoms with E-state index in [1.165, 1.54) is 12.1 Å². The lowest BCUT2D eigenvalue weighted by molar-refractivity contribution is -0.274. The molecule has 0 saturated carbocycles. The summed E-state index contributed by atoms with van der Waals surface area (Å²) in [6.45, 7) is 1.87. The Morgan fingerprint density at radius 3 is 2.58 bits per heavy atom. The van der Waals surface area contributed by atoms with Gasteiger partial charge in [0.1, 0.15) is 11.6 Å². The first-order valence-corrected chi connectivity index (χ1v) is 7.46. The van der Waals surface area contributed by atoms with Gasteiger partial charge >= 0.3 is 6.36 Å². The van der Waals surface area contributed by atoms with E-state index in [0.717, 1.165) is 10.9 Å². The van der Waals surface area contributed by atoms with E-state index < -0.39 is 6.36 Å². The van der Waals surface area contributed by atoms with Gasteiger partial charge in [0.15, 0.2) is 0 Å². The first kappa shape index (κ1) is 16.1. The summed E-state index contributed by atoms with van der Waals surface area (Å²) in [5.41, 5.74) is 2.26. The third-order valence-corrected chi connectivity index (χ3v) is 3.55. The van der Waals surface area contributed by atoms with Gasteiger partial charge in [-0.1, -0.05) is 25.1 Å². The van der Waals surface area contributed by atoms with Gasteiger partial charge in [0.2, 0.25) is 0 Å². The first-order valence-electron chi connectivity index (χ1n) is 7.46. The summed E-state index contributed by atoms with van der Waals surface area (Å²) in [5, 5.41) is 4.18. The van der Waals surface area contributed by atoms with Crippen LogP contribution < -0.4 is 10.1 Å². The number of aromatic nitrogens is 1. The van der Waals surface area contributed by atoms with Gasteiger partial charge in [0.25, 0.3) is 0 Å². The molecule has 3 nitrogen and oxygen atoms in total. The number of rotatable bonds is 4. The highest BCUT2D eigenvalue weighted by Crippen LogP contribution is 2.29. The summed E-state index contributed by atoms with van der Waals surface area (Å²) in [4.78, 5) is 4.51. The molecule has 0 saturated heterocycles. The molecule has 0 spiro atoms. The Bertz CT molecular complexity index is 862. The van der Waals surface area contributed by atoms with E-state index in [1.807, 2.05) is 43.3 Å². The second kappa shape index (κ2) is 6.39. The maximum absolute atomic E-state index is 12.3. The third-order valence-electron chi connectivity index (χ3n) is 3.55. The predicted octanol–water partition coefficient (Wildman–Crippen LogP) is 5.44. The fourth-order valence-corrected chi connectivity index (χ4v) is 2.46. The van der Waals surface area contributed by atoms with Gasteiger partial charge in [-0.3, -0.25) is 0 Å². The molecule has 24 heavy (non-hydrogen) atoms. The average Bonchev–Trinajstić information content (AvgIpc) is 2.54. The molecule has 3 aromatic rings. The second-order valence-electron chi connectivity index (χ2n) is 5.23. The lowest BCUT2D eigenvalue weighted by Crippen LogP contribution is -2.17. The Morgan fingerprint density at radius 2 is 1.83 bits per heavy atom. The Balaban J connectivity index is 1.87. The van der Waals surface area contributed by atoms with Crippen molar-refractivity contribution in [2.24, 2.45) is 0 Å². The summed E-state index contributed by atoms with van der Waals surface area (Å²) in [5.74, 6) is 0.407. The molecular formula is C18H15F3N2O. The second-order valence-corrected chi connectivity index (χ2v) is 5.23. The van der Waals surface area contributed by atoms with Gasteiger partial charge in [-0.05, 0) is 48.4 Å². The number of benzene rings is 2. The number of alkyl halides is 3. The molecule has 0 aliphatic heterocycles. The van der Waals surface area contributed by atoms with E-state index >= 15 is 0 Å². The molecule has 1 N–H and O–H groups in total. The molecule has 0 bridgehead atoms. The molecule has 0 aliphatic rings. The lowest BCUT2D eigenvalue weighted by atomic mass is 10.1. The fraction of sp³-hybridized carbons (Fsp3) is 0.167. The molecule has 0 aliphatic carbocycles. The monoisotopic (exact) mass is 332 g/mol. The van der Waals surface area contributed by atoms with Crippen molar-refractivity contribution in [1.29, 1.82) is 0 Å². The quantitative estimate of drug-likeness (QED) is 0.691. The Labute approximate surface area is 137 Å². The van der Waals surface area contributed by atoms with Crippen molar-refractivity contribution in [3.05, 3.63) is 60.2 Å². The smallest absolute Gasteiger partial charge is 0.406 e. The molecule has 0 unspecified atom stereocenters. The van der Waals surface area contributed by atoms with Crippen LogP contribution in [0.15, 0.2) is 54.6 Å². The minimum atomic E-state index is -4.69. The molecule has 6 heteroatoms. The Hall–Kier alpha value is -2.76. The van der Waals surface area contributed by atoms with Gasteiger partial charge < -0.3 is 10.1 Å². The number of nitrogens with zero attached hydrogens (tertiary/aromatic N) is 1. The number of hydrogen-bond donors (Lipinski definition) is 1.